The van der Waals surface area contributed by atoms with E-state index in [0.717, 1.165) is 56.5 Å². The average Bonchev–Trinajstić information content (AvgIpc) is 2.96. The molecule has 3 aliphatic rings. The lowest BCUT2D eigenvalue weighted by atomic mass is 10.1. The van der Waals surface area contributed by atoms with E-state index in [2.05, 4.69) is 38.0 Å². The second kappa shape index (κ2) is 4.35. The molecular formula is C14H16N4O. The smallest absolute Gasteiger partial charge is 0.138 e. The van der Waals surface area contributed by atoms with Crippen LogP contribution in [0.5, 0.6) is 0 Å². The number of hydrogen-bond donors (Lipinski definition) is 0. The molecule has 1 aromatic rings. The highest BCUT2D eigenvalue weighted by Gasteiger charge is 2.24. The Morgan fingerprint density at radius 3 is 2.89 bits per heavy atom. The number of anilines is 1. The van der Waals surface area contributed by atoms with E-state index in [1.807, 2.05) is 6.34 Å². The molecule has 4 rings (SSSR count). The van der Waals surface area contributed by atoms with Crippen LogP contribution in [0.25, 0.3) is 0 Å². The van der Waals surface area contributed by atoms with Gasteiger partial charge in [-0.25, -0.2) is 4.99 Å². The molecule has 0 atom stereocenters. The number of benzene rings is 1. The number of aliphatic imine (C=N–C) groups is 2. The number of fused-ring (bicyclic) bond motifs is 3. The lowest BCUT2D eigenvalue weighted by Crippen LogP contribution is -2.36. The molecule has 3 aliphatic heterocycles. The van der Waals surface area contributed by atoms with Crippen LogP contribution in [0.15, 0.2) is 28.2 Å². The van der Waals surface area contributed by atoms with Crippen LogP contribution in [0.2, 0.25) is 0 Å². The molecule has 5 nitrogen and oxygen atoms in total. The van der Waals surface area contributed by atoms with Crippen LogP contribution in [0.1, 0.15) is 5.56 Å². The lowest BCUT2D eigenvalue weighted by Gasteiger charge is -2.30. The Kier molecular flexibility index (Phi) is 2.51. The molecule has 0 radical (unpaired) electrons. The van der Waals surface area contributed by atoms with Gasteiger partial charge < -0.3 is 14.5 Å². The Labute approximate surface area is 112 Å². The predicted octanol–water partition coefficient (Wildman–Crippen LogP) is 1.26. The van der Waals surface area contributed by atoms with Crippen molar-refractivity contribution in [3.05, 3.63) is 23.8 Å². The highest BCUT2D eigenvalue weighted by molar-refractivity contribution is 6.11. The zero-order chi connectivity index (χ0) is 12.7. The summed E-state index contributed by atoms with van der Waals surface area (Å²) in [4.78, 5) is 13.6. The Morgan fingerprint density at radius 2 is 2.00 bits per heavy atom. The molecule has 0 aromatic heterocycles. The van der Waals surface area contributed by atoms with Gasteiger partial charge in [0.25, 0.3) is 0 Å². The first-order valence-electron chi connectivity index (χ1n) is 6.74. The van der Waals surface area contributed by atoms with E-state index in [-0.39, 0.29) is 0 Å². The van der Waals surface area contributed by atoms with Crippen LogP contribution < -0.4 is 4.90 Å². The highest BCUT2D eigenvalue weighted by Crippen LogP contribution is 2.31. The van der Waals surface area contributed by atoms with Gasteiger partial charge in [-0.3, -0.25) is 4.99 Å². The molecule has 0 unspecified atom stereocenters. The molecule has 0 saturated carbocycles. The molecule has 98 valence electrons. The standard InChI is InChI=1S/C14H16N4O/c1-2-12-13(16-10-18-4-3-15-14(12)18)9-11(1)17-5-7-19-8-6-17/h1-2,9-10H,3-8H2. The van der Waals surface area contributed by atoms with Gasteiger partial charge in [0.05, 0.1) is 31.8 Å². The maximum absolute atomic E-state index is 5.39. The van der Waals surface area contributed by atoms with Crippen molar-refractivity contribution < 1.29 is 4.74 Å². The first kappa shape index (κ1) is 11.0. The van der Waals surface area contributed by atoms with Crippen molar-refractivity contribution in [3.8, 4) is 0 Å². The number of hydrogen-bond acceptors (Lipinski definition) is 5. The van der Waals surface area contributed by atoms with E-state index >= 15 is 0 Å². The van der Waals surface area contributed by atoms with Crippen molar-refractivity contribution in [1.29, 1.82) is 0 Å². The van der Waals surface area contributed by atoms with E-state index in [9.17, 15) is 0 Å². The number of morpholine rings is 1. The van der Waals surface area contributed by atoms with Gasteiger partial charge in [0, 0.05) is 30.9 Å². The minimum atomic E-state index is 0.806. The number of nitrogens with zero attached hydrogens (tertiary/aromatic N) is 4. The number of rotatable bonds is 1. The largest absolute Gasteiger partial charge is 0.378 e. The van der Waals surface area contributed by atoms with Crippen molar-refractivity contribution in [2.45, 2.75) is 0 Å². The number of amidine groups is 1. The third kappa shape index (κ3) is 1.81. The quantitative estimate of drug-likeness (QED) is 0.759. The van der Waals surface area contributed by atoms with Crippen LogP contribution in [0, 0.1) is 0 Å². The summed E-state index contributed by atoms with van der Waals surface area (Å²) in [5.41, 5.74) is 3.41. The second-order valence-corrected chi connectivity index (χ2v) is 4.94. The summed E-state index contributed by atoms with van der Waals surface area (Å²) in [6.07, 6.45) is 1.90. The fraction of sp³-hybridized carbons (Fsp3) is 0.429. The summed E-state index contributed by atoms with van der Waals surface area (Å²) in [6, 6.07) is 6.48. The highest BCUT2D eigenvalue weighted by atomic mass is 16.5. The SMILES string of the molecule is C1=Nc2cc(N3CCOCC3)ccc2C2=NCCN12. The van der Waals surface area contributed by atoms with Crippen LogP contribution >= 0.6 is 0 Å². The zero-order valence-electron chi connectivity index (χ0n) is 10.7. The molecule has 1 fully saturated rings. The Morgan fingerprint density at radius 1 is 1.11 bits per heavy atom. The van der Waals surface area contributed by atoms with Gasteiger partial charge in [0.15, 0.2) is 0 Å². The van der Waals surface area contributed by atoms with Gasteiger partial charge in [-0.1, -0.05) is 0 Å². The average molecular weight is 256 g/mol. The van der Waals surface area contributed by atoms with Crippen molar-refractivity contribution in [2.24, 2.45) is 9.98 Å². The Bertz CT molecular complexity index is 561. The van der Waals surface area contributed by atoms with Gasteiger partial charge >= 0.3 is 0 Å². The normalized spacial score (nSPS) is 21.2. The summed E-state index contributed by atoms with van der Waals surface area (Å²) < 4.78 is 5.39. The van der Waals surface area contributed by atoms with Crippen molar-refractivity contribution in [3.63, 3.8) is 0 Å². The first-order chi connectivity index (χ1) is 9.42. The number of ether oxygens (including phenoxy) is 1. The Hall–Kier alpha value is -1.88. The summed E-state index contributed by atoms with van der Waals surface area (Å²) in [6.45, 7) is 5.34. The Balaban J connectivity index is 1.70. The van der Waals surface area contributed by atoms with Crippen LogP contribution in [-0.4, -0.2) is 56.5 Å². The van der Waals surface area contributed by atoms with Gasteiger partial charge in [0.1, 0.15) is 5.84 Å². The minimum Gasteiger partial charge on any atom is -0.378 e. The zero-order valence-corrected chi connectivity index (χ0v) is 10.7. The first-order valence-corrected chi connectivity index (χ1v) is 6.74. The van der Waals surface area contributed by atoms with E-state index < -0.39 is 0 Å². The van der Waals surface area contributed by atoms with E-state index in [4.69, 9.17) is 4.74 Å². The molecule has 0 amide bonds. The molecule has 1 saturated heterocycles. The molecule has 0 bridgehead atoms. The molecule has 1 aromatic carbocycles. The van der Waals surface area contributed by atoms with Crippen LogP contribution in [0.3, 0.4) is 0 Å². The van der Waals surface area contributed by atoms with Crippen LogP contribution in [0.4, 0.5) is 11.4 Å². The fourth-order valence-electron chi connectivity index (χ4n) is 2.78. The lowest BCUT2D eigenvalue weighted by molar-refractivity contribution is 0.122. The van der Waals surface area contributed by atoms with Gasteiger partial charge in [-0.05, 0) is 18.2 Å². The summed E-state index contributed by atoms with van der Waals surface area (Å²) in [5, 5.41) is 0. The molecule has 0 spiro atoms. The molecule has 5 heteroatoms. The van der Waals surface area contributed by atoms with E-state index in [1.165, 1.54) is 5.69 Å². The van der Waals surface area contributed by atoms with Gasteiger partial charge in [-0.2, -0.15) is 0 Å². The second-order valence-electron chi connectivity index (χ2n) is 4.94. The minimum absolute atomic E-state index is 0.806. The predicted molar refractivity (Wildman–Crippen MR) is 75.7 cm³/mol. The van der Waals surface area contributed by atoms with Gasteiger partial charge in [0.2, 0.25) is 0 Å². The third-order valence-corrected chi connectivity index (χ3v) is 3.81. The van der Waals surface area contributed by atoms with Crippen molar-refractivity contribution in [1.82, 2.24) is 4.90 Å². The van der Waals surface area contributed by atoms with E-state index in [0.29, 0.717) is 0 Å². The monoisotopic (exact) mass is 256 g/mol. The third-order valence-electron chi connectivity index (χ3n) is 3.81. The van der Waals surface area contributed by atoms with Crippen molar-refractivity contribution in [2.75, 3.05) is 44.3 Å². The fourth-order valence-corrected chi connectivity index (χ4v) is 2.78. The molecule has 0 N–H and O–H groups in total. The summed E-state index contributed by atoms with van der Waals surface area (Å²) in [7, 11) is 0. The topological polar surface area (TPSA) is 40.4 Å². The van der Waals surface area contributed by atoms with Crippen molar-refractivity contribution >= 4 is 23.5 Å². The van der Waals surface area contributed by atoms with Crippen LogP contribution in [-0.2, 0) is 4.74 Å². The summed E-state index contributed by atoms with van der Waals surface area (Å²) >= 11 is 0. The maximum atomic E-state index is 5.39. The molecule has 3 heterocycles. The maximum Gasteiger partial charge on any atom is 0.138 e. The molecule has 19 heavy (non-hydrogen) atoms. The molecule has 0 aliphatic carbocycles. The molecular weight excluding hydrogens is 240 g/mol. The van der Waals surface area contributed by atoms with Gasteiger partial charge in [-0.15, -0.1) is 0 Å². The summed E-state index contributed by atoms with van der Waals surface area (Å²) in [5.74, 6) is 1.07. The van der Waals surface area contributed by atoms with E-state index in [1.54, 1.807) is 0 Å².